The standard InChI is InChI=1S/C10H13O3S/c1-8(2)14(11,12)10-6-4-9(13-3)5-7-10/h4-6,8H,1-3H3. The molecule has 0 fully saturated rings. The average Bonchev–Trinajstić information content (AvgIpc) is 2.17. The highest BCUT2D eigenvalue weighted by Gasteiger charge is 2.18. The van der Waals surface area contributed by atoms with E-state index in [1.165, 1.54) is 19.2 Å². The molecule has 1 aromatic carbocycles. The Morgan fingerprint density at radius 1 is 1.36 bits per heavy atom. The fourth-order valence-electron chi connectivity index (χ4n) is 0.954. The first-order valence-electron chi connectivity index (χ1n) is 4.28. The Bertz CT molecular complexity index is 390. The SMILES string of the molecule is COc1c[c]c(S(=O)(=O)C(C)C)cc1. The van der Waals surface area contributed by atoms with Crippen LogP contribution in [0.3, 0.4) is 0 Å². The van der Waals surface area contributed by atoms with Gasteiger partial charge in [0.05, 0.1) is 17.3 Å². The molecule has 0 atom stereocenters. The molecule has 0 amide bonds. The van der Waals surface area contributed by atoms with E-state index in [4.69, 9.17) is 4.74 Å². The quantitative estimate of drug-likeness (QED) is 0.767. The molecule has 0 saturated heterocycles. The third-order valence-corrected chi connectivity index (χ3v) is 4.03. The van der Waals surface area contributed by atoms with Gasteiger partial charge in [0.25, 0.3) is 0 Å². The monoisotopic (exact) mass is 213 g/mol. The van der Waals surface area contributed by atoms with Crippen molar-refractivity contribution in [3.63, 3.8) is 0 Å². The van der Waals surface area contributed by atoms with Crippen molar-refractivity contribution in [2.45, 2.75) is 24.0 Å². The smallest absolute Gasteiger partial charge is 0.181 e. The molecular formula is C10H13O3S. The van der Waals surface area contributed by atoms with Crippen LogP contribution in [-0.2, 0) is 9.84 Å². The number of benzene rings is 1. The van der Waals surface area contributed by atoms with E-state index in [1.54, 1.807) is 19.9 Å². The van der Waals surface area contributed by atoms with Gasteiger partial charge in [-0.05, 0) is 32.0 Å². The summed E-state index contributed by atoms with van der Waals surface area (Å²) in [6.07, 6.45) is 0. The molecule has 77 valence electrons. The number of ether oxygens (including phenoxy) is 1. The number of hydrogen-bond acceptors (Lipinski definition) is 3. The predicted molar refractivity (Wildman–Crippen MR) is 54.2 cm³/mol. The Morgan fingerprint density at radius 2 is 2.00 bits per heavy atom. The number of rotatable bonds is 3. The van der Waals surface area contributed by atoms with Gasteiger partial charge in [0, 0.05) is 6.07 Å². The van der Waals surface area contributed by atoms with Gasteiger partial charge in [-0.1, -0.05) is 0 Å². The zero-order valence-electron chi connectivity index (χ0n) is 8.44. The van der Waals surface area contributed by atoms with Gasteiger partial charge >= 0.3 is 0 Å². The lowest BCUT2D eigenvalue weighted by Crippen LogP contribution is -2.13. The lowest BCUT2D eigenvalue weighted by Gasteiger charge is -2.07. The number of sulfone groups is 1. The molecule has 1 radical (unpaired) electrons. The van der Waals surface area contributed by atoms with Crippen molar-refractivity contribution in [1.29, 1.82) is 0 Å². The molecule has 0 aliphatic rings. The fraction of sp³-hybridized carbons (Fsp3) is 0.400. The summed E-state index contributed by atoms with van der Waals surface area (Å²) in [5.74, 6) is 0.604. The van der Waals surface area contributed by atoms with Crippen LogP contribution >= 0.6 is 0 Å². The highest BCUT2D eigenvalue weighted by Crippen LogP contribution is 2.18. The van der Waals surface area contributed by atoms with E-state index in [0.29, 0.717) is 5.75 Å². The molecule has 4 heteroatoms. The normalized spacial score (nSPS) is 11.7. The maximum atomic E-state index is 11.7. The third-order valence-electron chi connectivity index (χ3n) is 1.92. The van der Waals surface area contributed by atoms with Crippen LogP contribution in [0.5, 0.6) is 5.75 Å². The summed E-state index contributed by atoms with van der Waals surface area (Å²) < 4.78 is 28.2. The minimum Gasteiger partial charge on any atom is -0.497 e. The molecule has 0 aromatic heterocycles. The van der Waals surface area contributed by atoms with Crippen molar-refractivity contribution in [2.75, 3.05) is 7.11 Å². The summed E-state index contributed by atoms with van der Waals surface area (Å²) in [6, 6.07) is 7.34. The molecule has 3 nitrogen and oxygen atoms in total. The minimum absolute atomic E-state index is 0.216. The number of methoxy groups -OCH3 is 1. The van der Waals surface area contributed by atoms with Crippen LogP contribution in [0.15, 0.2) is 23.1 Å². The first-order chi connectivity index (χ1) is 6.48. The second kappa shape index (κ2) is 4.00. The van der Waals surface area contributed by atoms with Gasteiger partial charge in [0.2, 0.25) is 0 Å². The van der Waals surface area contributed by atoms with Gasteiger partial charge in [0.15, 0.2) is 9.84 Å². The first kappa shape index (κ1) is 11.0. The summed E-state index contributed by atoms with van der Waals surface area (Å²) in [5, 5.41) is -0.424. The Kier molecular flexibility index (Phi) is 3.16. The minimum atomic E-state index is -3.21. The van der Waals surface area contributed by atoms with Gasteiger partial charge in [0.1, 0.15) is 5.75 Å². The largest absolute Gasteiger partial charge is 0.497 e. The van der Waals surface area contributed by atoms with Gasteiger partial charge in [-0.2, -0.15) is 0 Å². The van der Waals surface area contributed by atoms with E-state index in [0.717, 1.165) is 0 Å². The average molecular weight is 213 g/mol. The van der Waals surface area contributed by atoms with E-state index in [-0.39, 0.29) is 4.90 Å². The lowest BCUT2D eigenvalue weighted by atomic mass is 10.3. The van der Waals surface area contributed by atoms with Crippen LogP contribution in [0.4, 0.5) is 0 Å². The van der Waals surface area contributed by atoms with Crippen LogP contribution in [0, 0.1) is 6.07 Å². The molecular weight excluding hydrogens is 200 g/mol. The Hall–Kier alpha value is -1.03. The highest BCUT2D eigenvalue weighted by molar-refractivity contribution is 7.92. The second-order valence-corrected chi connectivity index (χ2v) is 5.66. The van der Waals surface area contributed by atoms with Crippen LogP contribution < -0.4 is 4.74 Å². The van der Waals surface area contributed by atoms with Crippen molar-refractivity contribution in [1.82, 2.24) is 0 Å². The van der Waals surface area contributed by atoms with E-state index >= 15 is 0 Å². The summed E-state index contributed by atoms with van der Waals surface area (Å²) >= 11 is 0. The molecule has 0 spiro atoms. The summed E-state index contributed by atoms with van der Waals surface area (Å²) in [7, 11) is -1.69. The second-order valence-electron chi connectivity index (χ2n) is 3.19. The Labute approximate surface area is 84.6 Å². The zero-order chi connectivity index (χ0) is 10.8. The predicted octanol–water partition coefficient (Wildman–Crippen LogP) is 1.68. The molecule has 14 heavy (non-hydrogen) atoms. The third kappa shape index (κ3) is 2.07. The summed E-state index contributed by atoms with van der Waals surface area (Å²) in [6.45, 7) is 3.29. The van der Waals surface area contributed by atoms with Crippen molar-refractivity contribution in [3.05, 3.63) is 24.3 Å². The molecule has 0 heterocycles. The molecule has 0 N–H and O–H groups in total. The van der Waals surface area contributed by atoms with Crippen molar-refractivity contribution < 1.29 is 13.2 Å². The van der Waals surface area contributed by atoms with E-state index in [1.807, 2.05) is 0 Å². The van der Waals surface area contributed by atoms with Crippen molar-refractivity contribution >= 4 is 9.84 Å². The van der Waals surface area contributed by atoms with Gasteiger partial charge < -0.3 is 4.74 Å². The van der Waals surface area contributed by atoms with Gasteiger partial charge in [-0.25, -0.2) is 8.42 Å². The molecule has 0 saturated carbocycles. The molecule has 1 rings (SSSR count). The van der Waals surface area contributed by atoms with Crippen LogP contribution in [-0.4, -0.2) is 20.8 Å². The van der Waals surface area contributed by atoms with Gasteiger partial charge in [-0.3, -0.25) is 0 Å². The molecule has 0 aliphatic heterocycles. The molecule has 0 bridgehead atoms. The van der Waals surface area contributed by atoms with Crippen LogP contribution in [0.25, 0.3) is 0 Å². The molecule has 0 unspecified atom stereocenters. The van der Waals surface area contributed by atoms with E-state index in [2.05, 4.69) is 6.07 Å². The fourth-order valence-corrected chi connectivity index (χ4v) is 1.94. The van der Waals surface area contributed by atoms with Crippen LogP contribution in [0.1, 0.15) is 13.8 Å². The maximum Gasteiger partial charge on any atom is 0.181 e. The topological polar surface area (TPSA) is 43.4 Å². The van der Waals surface area contributed by atoms with Crippen LogP contribution in [0.2, 0.25) is 0 Å². The first-order valence-corrected chi connectivity index (χ1v) is 5.82. The lowest BCUT2D eigenvalue weighted by molar-refractivity contribution is 0.414. The van der Waals surface area contributed by atoms with Crippen molar-refractivity contribution in [3.8, 4) is 5.75 Å². The van der Waals surface area contributed by atoms with E-state index in [9.17, 15) is 8.42 Å². The number of hydrogen-bond donors (Lipinski definition) is 0. The summed E-state index contributed by atoms with van der Waals surface area (Å²) in [5.41, 5.74) is 0. The van der Waals surface area contributed by atoms with E-state index < -0.39 is 15.1 Å². The van der Waals surface area contributed by atoms with Crippen molar-refractivity contribution in [2.24, 2.45) is 0 Å². The van der Waals surface area contributed by atoms with Gasteiger partial charge in [-0.15, -0.1) is 0 Å². The maximum absolute atomic E-state index is 11.7. The Balaban J connectivity index is 3.10. The molecule has 0 aliphatic carbocycles. The highest BCUT2D eigenvalue weighted by atomic mass is 32.2. The summed E-state index contributed by atoms with van der Waals surface area (Å²) in [4.78, 5) is 0.216. The zero-order valence-corrected chi connectivity index (χ0v) is 9.26. The molecule has 1 aromatic rings. The Morgan fingerprint density at radius 3 is 2.36 bits per heavy atom.